The van der Waals surface area contributed by atoms with E-state index in [1.807, 2.05) is 0 Å². The van der Waals surface area contributed by atoms with Gasteiger partial charge in [0.05, 0.1) is 6.42 Å². The van der Waals surface area contributed by atoms with Crippen molar-refractivity contribution in [2.75, 3.05) is 0 Å². The van der Waals surface area contributed by atoms with Gasteiger partial charge < -0.3 is 4.74 Å². The highest BCUT2D eigenvalue weighted by atomic mass is 16.5. The molecule has 0 bridgehead atoms. The zero-order chi connectivity index (χ0) is 7.56. The van der Waals surface area contributed by atoms with Crippen LogP contribution >= 0.6 is 0 Å². The van der Waals surface area contributed by atoms with Crippen LogP contribution in [-0.2, 0) is 9.53 Å². The quantitative estimate of drug-likeness (QED) is 0.538. The number of rotatable bonds is 2. The van der Waals surface area contributed by atoms with Gasteiger partial charge in [0.15, 0.2) is 0 Å². The minimum Gasteiger partial charge on any atom is -0.426 e. The molecule has 0 N–H and O–H groups in total. The van der Waals surface area contributed by atoms with Gasteiger partial charge in [-0.2, -0.15) is 0 Å². The van der Waals surface area contributed by atoms with Gasteiger partial charge in [-0.1, -0.05) is 19.2 Å². The molecule has 0 aromatic rings. The Labute approximate surface area is 59.5 Å². The van der Waals surface area contributed by atoms with Crippen molar-refractivity contribution < 1.29 is 9.53 Å². The van der Waals surface area contributed by atoms with Gasteiger partial charge in [0.25, 0.3) is 0 Å². The first-order valence-corrected chi connectivity index (χ1v) is 2.96. The number of hydrogen-bond donors (Lipinski definition) is 0. The molecule has 0 amide bonds. The fraction of sp³-hybridized carbons (Fsp3) is 0.125. The van der Waals surface area contributed by atoms with Crippen molar-refractivity contribution in [2.24, 2.45) is 0 Å². The van der Waals surface area contributed by atoms with E-state index in [0.717, 1.165) is 5.57 Å². The van der Waals surface area contributed by atoms with E-state index < -0.39 is 0 Å². The molecule has 2 heteroatoms. The second kappa shape index (κ2) is 2.52. The summed E-state index contributed by atoms with van der Waals surface area (Å²) in [7, 11) is 0. The van der Waals surface area contributed by atoms with E-state index in [4.69, 9.17) is 4.74 Å². The maximum atomic E-state index is 10.6. The SMILES string of the molecule is C=CC1=C(C=C)OC(=O)C1. The predicted molar refractivity (Wildman–Crippen MR) is 38.1 cm³/mol. The molecule has 0 atom stereocenters. The van der Waals surface area contributed by atoms with Crippen LogP contribution in [0.15, 0.2) is 36.6 Å². The van der Waals surface area contributed by atoms with E-state index in [0.29, 0.717) is 12.2 Å². The highest BCUT2D eigenvalue weighted by molar-refractivity contribution is 5.78. The van der Waals surface area contributed by atoms with Crippen LogP contribution in [0.1, 0.15) is 6.42 Å². The Bertz CT molecular complexity index is 201. The summed E-state index contributed by atoms with van der Waals surface area (Å²) in [5, 5.41) is 0. The molecule has 0 aromatic carbocycles. The molecule has 1 heterocycles. The van der Waals surface area contributed by atoms with Gasteiger partial charge in [0.1, 0.15) is 5.76 Å². The molecule has 0 fully saturated rings. The molecule has 1 rings (SSSR count). The second-order valence-corrected chi connectivity index (χ2v) is 1.95. The molecule has 10 heavy (non-hydrogen) atoms. The third-order valence-electron chi connectivity index (χ3n) is 1.31. The Morgan fingerprint density at radius 3 is 2.50 bits per heavy atom. The maximum Gasteiger partial charge on any atom is 0.315 e. The highest BCUT2D eigenvalue weighted by Crippen LogP contribution is 2.21. The monoisotopic (exact) mass is 136 g/mol. The summed E-state index contributed by atoms with van der Waals surface area (Å²) >= 11 is 0. The van der Waals surface area contributed by atoms with Crippen LogP contribution < -0.4 is 0 Å². The normalized spacial score (nSPS) is 17.0. The Kier molecular flexibility index (Phi) is 1.71. The molecule has 0 saturated heterocycles. The minimum absolute atomic E-state index is 0.232. The van der Waals surface area contributed by atoms with Crippen molar-refractivity contribution in [3.05, 3.63) is 36.6 Å². The van der Waals surface area contributed by atoms with Gasteiger partial charge in [-0.05, 0) is 6.08 Å². The summed E-state index contributed by atoms with van der Waals surface area (Å²) in [6.45, 7) is 7.03. The van der Waals surface area contributed by atoms with Crippen molar-refractivity contribution in [1.82, 2.24) is 0 Å². The summed E-state index contributed by atoms with van der Waals surface area (Å²) in [5.41, 5.74) is 0.819. The van der Waals surface area contributed by atoms with Gasteiger partial charge in [0, 0.05) is 5.57 Å². The average Bonchev–Trinajstić information content (AvgIpc) is 2.30. The first-order valence-electron chi connectivity index (χ1n) is 2.96. The number of allylic oxidation sites excluding steroid dienone is 2. The molecule has 1 aliphatic heterocycles. The number of hydrogen-bond acceptors (Lipinski definition) is 2. The summed E-state index contributed by atoms with van der Waals surface area (Å²) < 4.78 is 4.77. The Morgan fingerprint density at radius 1 is 1.40 bits per heavy atom. The third-order valence-corrected chi connectivity index (χ3v) is 1.31. The highest BCUT2D eigenvalue weighted by Gasteiger charge is 2.18. The van der Waals surface area contributed by atoms with Crippen molar-refractivity contribution in [1.29, 1.82) is 0 Å². The van der Waals surface area contributed by atoms with Crippen LogP contribution in [0.2, 0.25) is 0 Å². The summed E-state index contributed by atoms with van der Waals surface area (Å²) in [6.07, 6.45) is 3.45. The largest absolute Gasteiger partial charge is 0.426 e. The first kappa shape index (κ1) is 6.81. The molecule has 2 nitrogen and oxygen atoms in total. The van der Waals surface area contributed by atoms with Crippen molar-refractivity contribution in [2.45, 2.75) is 6.42 Å². The Hall–Kier alpha value is -1.31. The van der Waals surface area contributed by atoms with Crippen LogP contribution in [0.5, 0.6) is 0 Å². The van der Waals surface area contributed by atoms with Gasteiger partial charge in [-0.25, -0.2) is 0 Å². The van der Waals surface area contributed by atoms with Crippen molar-refractivity contribution in [3.8, 4) is 0 Å². The van der Waals surface area contributed by atoms with Crippen molar-refractivity contribution in [3.63, 3.8) is 0 Å². The molecular weight excluding hydrogens is 128 g/mol. The zero-order valence-corrected chi connectivity index (χ0v) is 5.59. The molecule has 1 aliphatic rings. The number of esters is 1. The van der Waals surface area contributed by atoms with Gasteiger partial charge in [-0.15, -0.1) is 0 Å². The minimum atomic E-state index is -0.232. The summed E-state index contributed by atoms with van der Waals surface area (Å²) in [5.74, 6) is 0.310. The first-order chi connectivity index (χ1) is 4.77. The molecule has 0 radical (unpaired) electrons. The predicted octanol–water partition coefficient (Wildman–Crippen LogP) is 1.56. The summed E-state index contributed by atoms with van der Waals surface area (Å²) in [6, 6.07) is 0. The molecule has 0 spiro atoms. The fourth-order valence-corrected chi connectivity index (χ4v) is 0.812. The van der Waals surface area contributed by atoms with E-state index in [-0.39, 0.29) is 5.97 Å². The lowest BCUT2D eigenvalue weighted by molar-refractivity contribution is -0.136. The molecule has 0 aromatic heterocycles. The number of carbonyl (C=O) groups excluding carboxylic acids is 1. The molecule has 0 saturated carbocycles. The molecule has 52 valence electrons. The van der Waals surface area contributed by atoms with Crippen LogP contribution in [0.3, 0.4) is 0 Å². The molecular formula is C8H8O2. The third kappa shape index (κ3) is 1.00. The van der Waals surface area contributed by atoms with Crippen LogP contribution in [-0.4, -0.2) is 5.97 Å². The fourth-order valence-electron chi connectivity index (χ4n) is 0.812. The lowest BCUT2D eigenvalue weighted by atomic mass is 10.2. The van der Waals surface area contributed by atoms with Crippen LogP contribution in [0, 0.1) is 0 Å². The van der Waals surface area contributed by atoms with E-state index in [2.05, 4.69) is 13.2 Å². The van der Waals surface area contributed by atoms with E-state index >= 15 is 0 Å². The van der Waals surface area contributed by atoms with Gasteiger partial charge in [-0.3, -0.25) is 4.79 Å². The van der Waals surface area contributed by atoms with Crippen LogP contribution in [0.25, 0.3) is 0 Å². The number of cyclic esters (lactones) is 1. The van der Waals surface area contributed by atoms with E-state index in [9.17, 15) is 4.79 Å². The average molecular weight is 136 g/mol. The van der Waals surface area contributed by atoms with Gasteiger partial charge in [0.2, 0.25) is 0 Å². The Morgan fingerprint density at radius 2 is 2.10 bits per heavy atom. The topological polar surface area (TPSA) is 26.3 Å². The second-order valence-electron chi connectivity index (χ2n) is 1.95. The summed E-state index contributed by atoms with van der Waals surface area (Å²) in [4.78, 5) is 10.6. The van der Waals surface area contributed by atoms with E-state index in [1.165, 1.54) is 6.08 Å². The van der Waals surface area contributed by atoms with Gasteiger partial charge >= 0.3 is 5.97 Å². The Balaban J connectivity index is 2.90. The van der Waals surface area contributed by atoms with Crippen LogP contribution in [0.4, 0.5) is 0 Å². The molecule has 0 unspecified atom stereocenters. The van der Waals surface area contributed by atoms with E-state index in [1.54, 1.807) is 6.08 Å². The lowest BCUT2D eigenvalue weighted by Gasteiger charge is -1.91. The number of ether oxygens (including phenoxy) is 1. The maximum absolute atomic E-state index is 10.6. The lowest BCUT2D eigenvalue weighted by Crippen LogP contribution is -1.91. The molecule has 0 aliphatic carbocycles. The zero-order valence-electron chi connectivity index (χ0n) is 5.59. The smallest absolute Gasteiger partial charge is 0.315 e. The number of carbonyl (C=O) groups is 1. The standard InChI is InChI=1S/C8H8O2/c1-3-6-5-8(9)10-7(6)4-2/h3-4H,1-2,5H2. The van der Waals surface area contributed by atoms with Crippen molar-refractivity contribution >= 4 is 5.97 Å².